The smallest absolute Gasteiger partial charge is 0.324 e. The minimum Gasteiger partial charge on any atom is -0.465 e. The standard InChI is InChI=1S/C9H12N2O3S/c1-4-14-8(13)6-5(2)10-9(15-3)11-7(6)12/h6H,4H2,1-3H3. The van der Waals surface area contributed by atoms with Crippen LogP contribution in [-0.4, -0.2) is 35.6 Å². The van der Waals surface area contributed by atoms with Crippen molar-refractivity contribution in [2.45, 2.75) is 13.8 Å². The zero-order chi connectivity index (χ0) is 11.4. The molecule has 0 saturated carbocycles. The van der Waals surface area contributed by atoms with Crippen LogP contribution in [-0.2, 0) is 14.3 Å². The molecule has 0 radical (unpaired) electrons. The number of rotatable bonds is 2. The van der Waals surface area contributed by atoms with E-state index in [1.54, 1.807) is 20.1 Å². The fourth-order valence-electron chi connectivity index (χ4n) is 1.17. The molecule has 0 aromatic carbocycles. The van der Waals surface area contributed by atoms with Gasteiger partial charge in [0.05, 0.1) is 6.61 Å². The van der Waals surface area contributed by atoms with Crippen LogP contribution in [0.15, 0.2) is 9.98 Å². The van der Waals surface area contributed by atoms with Crippen LogP contribution in [0.5, 0.6) is 0 Å². The van der Waals surface area contributed by atoms with Gasteiger partial charge in [-0.3, -0.25) is 9.59 Å². The van der Waals surface area contributed by atoms with Crippen molar-refractivity contribution in [2.75, 3.05) is 12.9 Å². The minimum atomic E-state index is -0.958. The van der Waals surface area contributed by atoms with Gasteiger partial charge in [0.15, 0.2) is 11.1 Å². The Balaban J connectivity index is 2.87. The molecule has 0 spiro atoms. The third-order valence-corrected chi connectivity index (χ3v) is 2.40. The summed E-state index contributed by atoms with van der Waals surface area (Å²) in [6.45, 7) is 3.56. The molecule has 1 unspecified atom stereocenters. The van der Waals surface area contributed by atoms with Gasteiger partial charge in [0.25, 0.3) is 5.91 Å². The van der Waals surface area contributed by atoms with Crippen LogP contribution in [0.3, 0.4) is 0 Å². The van der Waals surface area contributed by atoms with Crippen LogP contribution in [0.1, 0.15) is 13.8 Å². The number of esters is 1. The molecule has 0 aromatic heterocycles. The van der Waals surface area contributed by atoms with Crippen molar-refractivity contribution >= 4 is 34.5 Å². The lowest BCUT2D eigenvalue weighted by atomic mass is 10.0. The predicted octanol–water partition coefficient (Wildman–Crippen LogP) is 0.886. The zero-order valence-electron chi connectivity index (χ0n) is 8.81. The van der Waals surface area contributed by atoms with E-state index in [9.17, 15) is 9.59 Å². The van der Waals surface area contributed by atoms with Gasteiger partial charge in [-0.05, 0) is 20.1 Å². The maximum Gasteiger partial charge on any atom is 0.324 e. The monoisotopic (exact) mass is 228 g/mol. The van der Waals surface area contributed by atoms with Gasteiger partial charge < -0.3 is 4.74 Å². The van der Waals surface area contributed by atoms with E-state index in [0.29, 0.717) is 10.9 Å². The summed E-state index contributed by atoms with van der Waals surface area (Å²) in [7, 11) is 0. The molecule has 1 aliphatic heterocycles. The molecule has 0 N–H and O–H groups in total. The van der Waals surface area contributed by atoms with Gasteiger partial charge in [0, 0.05) is 5.71 Å². The minimum absolute atomic E-state index is 0.245. The number of carbonyl (C=O) groups excluding carboxylic acids is 2. The maximum atomic E-state index is 11.5. The van der Waals surface area contributed by atoms with E-state index in [1.165, 1.54) is 11.8 Å². The van der Waals surface area contributed by atoms with Gasteiger partial charge in [-0.2, -0.15) is 4.99 Å². The molecule has 15 heavy (non-hydrogen) atoms. The number of hydrogen-bond acceptors (Lipinski definition) is 5. The molecule has 1 aliphatic rings. The first-order valence-electron chi connectivity index (χ1n) is 4.48. The summed E-state index contributed by atoms with van der Waals surface area (Å²) in [6, 6.07) is 0. The number of thioether (sulfide) groups is 1. The van der Waals surface area contributed by atoms with Gasteiger partial charge in [0.2, 0.25) is 0 Å². The Morgan fingerprint density at radius 2 is 2.20 bits per heavy atom. The number of carbonyl (C=O) groups is 2. The van der Waals surface area contributed by atoms with E-state index in [1.807, 2.05) is 0 Å². The number of nitrogens with zero attached hydrogens (tertiary/aromatic N) is 2. The predicted molar refractivity (Wildman–Crippen MR) is 59.2 cm³/mol. The van der Waals surface area contributed by atoms with Crippen molar-refractivity contribution < 1.29 is 14.3 Å². The van der Waals surface area contributed by atoms with Crippen molar-refractivity contribution in [1.29, 1.82) is 0 Å². The SMILES string of the molecule is CCOC(=O)C1C(=O)N=C(SC)N=C1C. The van der Waals surface area contributed by atoms with Crippen LogP contribution in [0.25, 0.3) is 0 Å². The summed E-state index contributed by atoms with van der Waals surface area (Å²) >= 11 is 1.27. The first-order chi connectivity index (χ1) is 7.10. The molecule has 0 fully saturated rings. The van der Waals surface area contributed by atoms with E-state index in [2.05, 4.69) is 9.98 Å². The Labute approximate surface area is 92.0 Å². The number of ether oxygens (including phenoxy) is 1. The highest BCUT2D eigenvalue weighted by Crippen LogP contribution is 2.15. The van der Waals surface area contributed by atoms with Gasteiger partial charge >= 0.3 is 5.97 Å². The first-order valence-corrected chi connectivity index (χ1v) is 5.71. The highest BCUT2D eigenvalue weighted by atomic mass is 32.2. The molecule has 1 atom stereocenters. The van der Waals surface area contributed by atoms with Gasteiger partial charge in [-0.1, -0.05) is 11.8 Å². The summed E-state index contributed by atoms with van der Waals surface area (Å²) in [4.78, 5) is 30.7. The zero-order valence-corrected chi connectivity index (χ0v) is 9.63. The van der Waals surface area contributed by atoms with Crippen molar-refractivity contribution in [1.82, 2.24) is 0 Å². The van der Waals surface area contributed by atoms with Crippen LogP contribution >= 0.6 is 11.8 Å². The van der Waals surface area contributed by atoms with E-state index in [4.69, 9.17) is 4.74 Å². The Morgan fingerprint density at radius 3 is 2.67 bits per heavy atom. The highest BCUT2D eigenvalue weighted by molar-refractivity contribution is 8.13. The summed E-state index contributed by atoms with van der Waals surface area (Å²) in [5.41, 5.74) is 0.442. The number of aliphatic imine (C=N–C) groups is 2. The fraction of sp³-hybridized carbons (Fsp3) is 0.556. The topological polar surface area (TPSA) is 68.1 Å². The van der Waals surface area contributed by atoms with Crippen molar-refractivity contribution in [3.63, 3.8) is 0 Å². The van der Waals surface area contributed by atoms with E-state index < -0.39 is 17.8 Å². The lowest BCUT2D eigenvalue weighted by molar-refractivity contribution is -0.148. The Hall–Kier alpha value is -1.17. The third kappa shape index (κ3) is 2.65. The van der Waals surface area contributed by atoms with Crippen molar-refractivity contribution in [3.05, 3.63) is 0 Å². The lowest BCUT2D eigenvalue weighted by Crippen LogP contribution is -2.34. The number of amidine groups is 1. The second-order valence-electron chi connectivity index (χ2n) is 2.87. The quantitative estimate of drug-likeness (QED) is 0.520. The summed E-state index contributed by atoms with van der Waals surface area (Å²) in [6.07, 6.45) is 1.77. The number of amides is 1. The third-order valence-electron chi connectivity index (χ3n) is 1.85. The van der Waals surface area contributed by atoms with Crippen LogP contribution in [0, 0.1) is 5.92 Å². The first kappa shape index (κ1) is 11.9. The second-order valence-corrected chi connectivity index (χ2v) is 3.65. The van der Waals surface area contributed by atoms with E-state index in [0.717, 1.165) is 0 Å². The van der Waals surface area contributed by atoms with Crippen molar-refractivity contribution in [3.8, 4) is 0 Å². The molecule has 0 saturated heterocycles. The Kier molecular flexibility index (Phi) is 4.02. The molecule has 0 aromatic rings. The number of hydrogen-bond donors (Lipinski definition) is 0. The average Bonchev–Trinajstić information content (AvgIpc) is 2.16. The van der Waals surface area contributed by atoms with E-state index in [-0.39, 0.29) is 6.61 Å². The Morgan fingerprint density at radius 1 is 1.53 bits per heavy atom. The molecule has 0 bridgehead atoms. The molecule has 1 heterocycles. The molecule has 1 rings (SSSR count). The Bertz CT molecular complexity index is 349. The summed E-state index contributed by atoms with van der Waals surface area (Å²) in [5, 5.41) is 0.387. The summed E-state index contributed by atoms with van der Waals surface area (Å²) in [5.74, 6) is -2.03. The lowest BCUT2D eigenvalue weighted by Gasteiger charge is -2.15. The summed E-state index contributed by atoms with van der Waals surface area (Å²) < 4.78 is 4.77. The fourth-order valence-corrected chi connectivity index (χ4v) is 1.58. The molecular weight excluding hydrogens is 216 g/mol. The second kappa shape index (κ2) is 5.06. The van der Waals surface area contributed by atoms with Gasteiger partial charge in [0.1, 0.15) is 0 Å². The van der Waals surface area contributed by atoms with Crippen LogP contribution < -0.4 is 0 Å². The average molecular weight is 228 g/mol. The molecule has 1 amide bonds. The highest BCUT2D eigenvalue weighted by Gasteiger charge is 2.33. The maximum absolute atomic E-state index is 11.5. The van der Waals surface area contributed by atoms with E-state index >= 15 is 0 Å². The van der Waals surface area contributed by atoms with Gasteiger partial charge in [-0.25, -0.2) is 4.99 Å². The van der Waals surface area contributed by atoms with Gasteiger partial charge in [-0.15, -0.1) is 0 Å². The molecule has 0 aliphatic carbocycles. The largest absolute Gasteiger partial charge is 0.465 e. The molecular formula is C9H12N2O3S. The molecule has 6 heteroatoms. The molecule has 82 valence electrons. The molecule has 5 nitrogen and oxygen atoms in total. The van der Waals surface area contributed by atoms with Crippen LogP contribution in [0.4, 0.5) is 0 Å². The normalized spacial score (nSPS) is 20.7. The van der Waals surface area contributed by atoms with Crippen molar-refractivity contribution in [2.24, 2.45) is 15.9 Å². The van der Waals surface area contributed by atoms with Crippen LogP contribution in [0.2, 0.25) is 0 Å².